The average molecular weight is 198 g/mol. The summed E-state index contributed by atoms with van der Waals surface area (Å²) >= 11 is 0. The molecule has 0 saturated carbocycles. The summed E-state index contributed by atoms with van der Waals surface area (Å²) in [6, 6.07) is 0. The van der Waals surface area contributed by atoms with Crippen molar-refractivity contribution in [2.45, 2.75) is 45.8 Å². The molecule has 0 radical (unpaired) electrons. The molecule has 1 unspecified atom stereocenters. The van der Waals surface area contributed by atoms with Crippen molar-refractivity contribution in [2.75, 3.05) is 0 Å². The molecule has 80 valence electrons. The van der Waals surface area contributed by atoms with Crippen molar-refractivity contribution in [3.8, 4) is 0 Å². The first-order chi connectivity index (χ1) is 6.29. The topological polar surface area (TPSA) is 72.3 Å². The number of aliphatic hydroxyl groups is 1. The molecule has 1 heterocycles. The van der Waals surface area contributed by atoms with E-state index in [2.05, 4.69) is 4.98 Å². The Morgan fingerprint density at radius 1 is 1.50 bits per heavy atom. The second-order valence-corrected chi connectivity index (χ2v) is 4.40. The van der Waals surface area contributed by atoms with E-state index in [1.54, 1.807) is 0 Å². The minimum absolute atomic E-state index is 0.360. The third-order valence-corrected chi connectivity index (χ3v) is 2.05. The van der Waals surface area contributed by atoms with Gasteiger partial charge in [-0.05, 0) is 34.1 Å². The number of rotatable bonds is 3. The summed E-state index contributed by atoms with van der Waals surface area (Å²) in [6.07, 6.45) is -0.283. The molecule has 0 aromatic carbocycles. The van der Waals surface area contributed by atoms with Crippen LogP contribution in [-0.2, 0) is 0 Å². The van der Waals surface area contributed by atoms with E-state index < -0.39 is 11.6 Å². The zero-order valence-electron chi connectivity index (χ0n) is 9.16. The average Bonchev–Trinajstić information content (AvgIpc) is 2.28. The number of oxazole rings is 1. The molecular formula is C10H18N2O2. The zero-order valence-corrected chi connectivity index (χ0v) is 9.16. The lowest BCUT2D eigenvalue weighted by molar-refractivity contribution is 0.111. The van der Waals surface area contributed by atoms with Gasteiger partial charge in [-0.15, -0.1) is 0 Å². The molecule has 1 rings (SSSR count). The van der Waals surface area contributed by atoms with Crippen LogP contribution in [0.15, 0.2) is 4.42 Å². The van der Waals surface area contributed by atoms with Crippen LogP contribution < -0.4 is 5.73 Å². The van der Waals surface area contributed by atoms with Crippen LogP contribution >= 0.6 is 0 Å². The van der Waals surface area contributed by atoms with Gasteiger partial charge in [0.1, 0.15) is 11.9 Å². The minimum atomic E-state index is -0.720. The molecule has 1 aromatic rings. The molecule has 4 nitrogen and oxygen atoms in total. The lowest BCUT2D eigenvalue weighted by Gasteiger charge is -2.20. The van der Waals surface area contributed by atoms with Gasteiger partial charge in [-0.25, -0.2) is 4.98 Å². The number of hydrogen-bond acceptors (Lipinski definition) is 4. The van der Waals surface area contributed by atoms with Crippen molar-refractivity contribution in [1.82, 2.24) is 4.98 Å². The number of aryl methyl sites for hydroxylation is 2. The van der Waals surface area contributed by atoms with Gasteiger partial charge in [-0.3, -0.25) is 0 Å². The fourth-order valence-electron chi connectivity index (χ4n) is 1.23. The second-order valence-electron chi connectivity index (χ2n) is 4.40. The van der Waals surface area contributed by atoms with Crippen LogP contribution in [0.1, 0.15) is 43.7 Å². The van der Waals surface area contributed by atoms with E-state index in [0.29, 0.717) is 12.3 Å². The lowest BCUT2D eigenvalue weighted by Crippen LogP contribution is -2.33. The third-order valence-electron chi connectivity index (χ3n) is 2.05. The molecule has 1 aromatic heterocycles. The molecule has 0 spiro atoms. The Kier molecular flexibility index (Phi) is 2.97. The van der Waals surface area contributed by atoms with Gasteiger partial charge in [0.15, 0.2) is 0 Å². The van der Waals surface area contributed by atoms with E-state index in [-0.39, 0.29) is 0 Å². The van der Waals surface area contributed by atoms with E-state index in [0.717, 1.165) is 11.5 Å². The Morgan fingerprint density at radius 3 is 2.43 bits per heavy atom. The van der Waals surface area contributed by atoms with Crippen molar-refractivity contribution < 1.29 is 9.52 Å². The first-order valence-electron chi connectivity index (χ1n) is 4.70. The van der Waals surface area contributed by atoms with Crippen molar-refractivity contribution in [3.63, 3.8) is 0 Å². The summed E-state index contributed by atoms with van der Waals surface area (Å²) in [5.74, 6) is 1.10. The Balaban J connectivity index is 2.75. The summed E-state index contributed by atoms with van der Waals surface area (Å²) < 4.78 is 5.31. The molecule has 0 aliphatic heterocycles. The third kappa shape index (κ3) is 2.82. The fraction of sp³-hybridized carbons (Fsp3) is 0.700. The minimum Gasteiger partial charge on any atom is -0.443 e. The van der Waals surface area contributed by atoms with Crippen molar-refractivity contribution in [3.05, 3.63) is 17.3 Å². The first kappa shape index (κ1) is 11.2. The number of aliphatic hydroxyl groups excluding tert-OH is 1. The molecule has 4 heteroatoms. The highest BCUT2D eigenvalue weighted by Crippen LogP contribution is 2.23. The van der Waals surface area contributed by atoms with E-state index >= 15 is 0 Å². The van der Waals surface area contributed by atoms with E-state index in [4.69, 9.17) is 10.2 Å². The number of nitrogens with two attached hydrogens (primary N) is 1. The predicted octanol–water partition coefficient (Wildman–Crippen LogP) is 1.45. The van der Waals surface area contributed by atoms with Gasteiger partial charge in [-0.1, -0.05) is 0 Å². The van der Waals surface area contributed by atoms with Crippen LogP contribution in [0.2, 0.25) is 0 Å². The van der Waals surface area contributed by atoms with Crippen molar-refractivity contribution in [2.24, 2.45) is 5.73 Å². The number of aromatic nitrogens is 1. The summed E-state index contributed by atoms with van der Waals surface area (Å²) in [7, 11) is 0. The van der Waals surface area contributed by atoms with Gasteiger partial charge in [0.25, 0.3) is 0 Å². The van der Waals surface area contributed by atoms with Gasteiger partial charge < -0.3 is 15.3 Å². The zero-order chi connectivity index (χ0) is 10.9. The fourth-order valence-corrected chi connectivity index (χ4v) is 1.23. The van der Waals surface area contributed by atoms with Gasteiger partial charge >= 0.3 is 0 Å². The highest BCUT2D eigenvalue weighted by Gasteiger charge is 2.22. The van der Waals surface area contributed by atoms with Gasteiger partial charge in [0.2, 0.25) is 5.89 Å². The van der Waals surface area contributed by atoms with E-state index in [1.165, 1.54) is 0 Å². The summed E-state index contributed by atoms with van der Waals surface area (Å²) in [6.45, 7) is 7.40. The predicted molar refractivity (Wildman–Crippen MR) is 53.8 cm³/mol. The summed E-state index contributed by atoms with van der Waals surface area (Å²) in [5, 5.41) is 9.76. The summed E-state index contributed by atoms with van der Waals surface area (Å²) in [4.78, 5) is 4.12. The Morgan fingerprint density at radius 2 is 2.07 bits per heavy atom. The second kappa shape index (κ2) is 3.71. The molecule has 1 atom stereocenters. The van der Waals surface area contributed by atoms with E-state index in [9.17, 15) is 5.11 Å². The van der Waals surface area contributed by atoms with Crippen LogP contribution in [-0.4, -0.2) is 15.6 Å². The Labute approximate surface area is 84.1 Å². The highest BCUT2D eigenvalue weighted by molar-refractivity contribution is 5.07. The quantitative estimate of drug-likeness (QED) is 0.771. The SMILES string of the molecule is Cc1nc(C(O)CC(C)(C)N)oc1C. The summed E-state index contributed by atoms with van der Waals surface area (Å²) in [5.41, 5.74) is 6.18. The van der Waals surface area contributed by atoms with Crippen LogP contribution in [0.25, 0.3) is 0 Å². The highest BCUT2D eigenvalue weighted by atomic mass is 16.4. The van der Waals surface area contributed by atoms with Crippen LogP contribution in [0.3, 0.4) is 0 Å². The van der Waals surface area contributed by atoms with Gasteiger partial charge in [-0.2, -0.15) is 0 Å². The van der Waals surface area contributed by atoms with Crippen LogP contribution in [0, 0.1) is 13.8 Å². The molecule has 3 N–H and O–H groups in total. The normalized spacial score (nSPS) is 14.4. The Hall–Kier alpha value is -0.870. The molecule has 14 heavy (non-hydrogen) atoms. The van der Waals surface area contributed by atoms with Crippen molar-refractivity contribution in [1.29, 1.82) is 0 Å². The smallest absolute Gasteiger partial charge is 0.223 e. The molecular weight excluding hydrogens is 180 g/mol. The molecule has 0 bridgehead atoms. The maximum Gasteiger partial charge on any atom is 0.223 e. The lowest BCUT2D eigenvalue weighted by atomic mass is 9.98. The number of nitrogens with zero attached hydrogens (tertiary/aromatic N) is 1. The maximum absolute atomic E-state index is 9.76. The maximum atomic E-state index is 9.76. The Bertz CT molecular complexity index is 293. The molecule has 0 aliphatic rings. The first-order valence-corrected chi connectivity index (χ1v) is 4.70. The molecule has 0 aliphatic carbocycles. The molecule has 0 saturated heterocycles. The van der Waals surface area contributed by atoms with Gasteiger partial charge in [0.05, 0.1) is 5.69 Å². The largest absolute Gasteiger partial charge is 0.443 e. The van der Waals surface area contributed by atoms with Crippen molar-refractivity contribution >= 4 is 0 Å². The van der Waals surface area contributed by atoms with E-state index in [1.807, 2.05) is 27.7 Å². The van der Waals surface area contributed by atoms with Gasteiger partial charge in [0, 0.05) is 5.54 Å². The monoisotopic (exact) mass is 198 g/mol. The standard InChI is InChI=1S/C10H18N2O2/c1-6-7(2)14-9(12-6)8(13)5-10(3,4)11/h8,13H,5,11H2,1-4H3. The van der Waals surface area contributed by atoms with Crippen LogP contribution in [0.5, 0.6) is 0 Å². The molecule has 0 amide bonds. The van der Waals surface area contributed by atoms with Crippen LogP contribution in [0.4, 0.5) is 0 Å². The number of hydrogen-bond donors (Lipinski definition) is 2. The molecule has 0 fully saturated rings.